The van der Waals surface area contributed by atoms with E-state index in [1.54, 1.807) is 7.11 Å². The van der Waals surface area contributed by atoms with Gasteiger partial charge in [-0.05, 0) is 50.1 Å². The molecule has 1 saturated heterocycles. The predicted molar refractivity (Wildman–Crippen MR) is 120 cm³/mol. The summed E-state index contributed by atoms with van der Waals surface area (Å²) in [5.74, 6) is 0.349. The number of benzene rings is 1. The highest BCUT2D eigenvalue weighted by atomic mass is 16.6. The Morgan fingerprint density at radius 1 is 1.10 bits per heavy atom. The summed E-state index contributed by atoms with van der Waals surface area (Å²) >= 11 is 0. The van der Waals surface area contributed by atoms with E-state index in [2.05, 4.69) is 51.7 Å². The van der Waals surface area contributed by atoms with Crippen molar-refractivity contribution in [3.8, 4) is 11.6 Å². The van der Waals surface area contributed by atoms with Gasteiger partial charge in [0.2, 0.25) is 5.88 Å². The fourth-order valence-electron chi connectivity index (χ4n) is 4.17. The van der Waals surface area contributed by atoms with E-state index in [1.807, 2.05) is 12.3 Å². The van der Waals surface area contributed by atoms with Gasteiger partial charge in [0.05, 0.1) is 25.3 Å². The first-order chi connectivity index (χ1) is 15.0. The molecule has 7 heteroatoms. The number of anilines is 1. The Bertz CT molecular complexity index is 1040. The molecule has 0 aliphatic carbocycles. The average Bonchev–Trinajstić information content (AvgIpc) is 3.12. The van der Waals surface area contributed by atoms with Gasteiger partial charge in [0, 0.05) is 54.7 Å². The van der Waals surface area contributed by atoms with E-state index in [0.29, 0.717) is 19.1 Å². The number of carbonyl (C=O) groups is 1. The van der Waals surface area contributed by atoms with Crippen LogP contribution in [0.4, 0.5) is 5.69 Å². The molecule has 0 bridgehead atoms. The van der Waals surface area contributed by atoms with E-state index in [-0.39, 0.29) is 12.1 Å². The highest BCUT2D eigenvalue weighted by Gasteiger charge is 2.20. The van der Waals surface area contributed by atoms with Crippen molar-refractivity contribution >= 4 is 22.6 Å². The zero-order chi connectivity index (χ0) is 21.8. The van der Waals surface area contributed by atoms with Gasteiger partial charge < -0.3 is 23.7 Å². The molecule has 0 unspecified atom stereocenters. The SMILES string of the molecule is COc1cc2c(cn1)cc(C)n2-c1ccc(N2CCC(OCCOC(C)=O)CC2)cc1. The molecule has 0 spiro atoms. The lowest BCUT2D eigenvalue weighted by molar-refractivity contribution is -0.143. The number of hydrogen-bond donors (Lipinski definition) is 0. The molecular formula is C24H29N3O4. The number of pyridine rings is 1. The standard InChI is InChI=1S/C24H29N3O4/c1-17-14-19-16-25-24(29-3)15-23(19)27(17)21-6-4-20(5-7-21)26-10-8-22(9-11-26)31-13-12-30-18(2)28/h4-7,14-16,22H,8-13H2,1-3H3. The molecule has 1 aliphatic rings. The van der Waals surface area contributed by atoms with E-state index in [9.17, 15) is 4.79 Å². The maximum absolute atomic E-state index is 10.8. The fourth-order valence-corrected chi connectivity index (χ4v) is 4.17. The number of esters is 1. The van der Waals surface area contributed by atoms with Gasteiger partial charge in [0.15, 0.2) is 0 Å². The molecule has 4 rings (SSSR count). The zero-order valence-electron chi connectivity index (χ0n) is 18.3. The van der Waals surface area contributed by atoms with Gasteiger partial charge in [-0.15, -0.1) is 0 Å². The molecule has 0 atom stereocenters. The summed E-state index contributed by atoms with van der Waals surface area (Å²) in [5, 5.41) is 1.10. The summed E-state index contributed by atoms with van der Waals surface area (Å²) in [4.78, 5) is 17.5. The summed E-state index contributed by atoms with van der Waals surface area (Å²) in [7, 11) is 1.64. The number of fused-ring (bicyclic) bond motifs is 1. The Labute approximate surface area is 182 Å². The van der Waals surface area contributed by atoms with Crippen LogP contribution in [0.1, 0.15) is 25.5 Å². The molecule has 0 saturated carbocycles. The Balaban J connectivity index is 1.40. The zero-order valence-corrected chi connectivity index (χ0v) is 18.3. The largest absolute Gasteiger partial charge is 0.481 e. The smallest absolute Gasteiger partial charge is 0.302 e. The van der Waals surface area contributed by atoms with Crippen LogP contribution in [0.5, 0.6) is 5.88 Å². The Morgan fingerprint density at radius 2 is 1.81 bits per heavy atom. The Hall–Kier alpha value is -3.06. The van der Waals surface area contributed by atoms with Gasteiger partial charge in [0.1, 0.15) is 6.61 Å². The summed E-state index contributed by atoms with van der Waals surface area (Å²) < 4.78 is 18.3. The van der Waals surface area contributed by atoms with Gasteiger partial charge in [-0.1, -0.05) is 0 Å². The first-order valence-electron chi connectivity index (χ1n) is 10.7. The summed E-state index contributed by atoms with van der Waals surface area (Å²) in [6.45, 7) is 6.21. The number of rotatable bonds is 7. The normalized spacial score (nSPS) is 14.7. The minimum atomic E-state index is -0.263. The second-order valence-electron chi connectivity index (χ2n) is 7.82. The van der Waals surface area contributed by atoms with E-state index in [1.165, 1.54) is 12.6 Å². The number of aryl methyl sites for hydroxylation is 1. The van der Waals surface area contributed by atoms with E-state index < -0.39 is 0 Å². The molecule has 31 heavy (non-hydrogen) atoms. The number of hydrogen-bond acceptors (Lipinski definition) is 6. The van der Waals surface area contributed by atoms with E-state index in [0.717, 1.165) is 48.2 Å². The van der Waals surface area contributed by atoms with Crippen molar-refractivity contribution in [2.24, 2.45) is 0 Å². The first-order valence-corrected chi connectivity index (χ1v) is 10.7. The van der Waals surface area contributed by atoms with Crippen molar-refractivity contribution < 1.29 is 19.0 Å². The monoisotopic (exact) mass is 423 g/mol. The summed E-state index contributed by atoms with van der Waals surface area (Å²) in [6.07, 6.45) is 4.01. The minimum Gasteiger partial charge on any atom is -0.481 e. The fraction of sp³-hybridized carbons (Fsp3) is 0.417. The van der Waals surface area contributed by atoms with Crippen LogP contribution < -0.4 is 9.64 Å². The van der Waals surface area contributed by atoms with Crippen LogP contribution in [-0.2, 0) is 14.3 Å². The van der Waals surface area contributed by atoms with Gasteiger partial charge in [-0.3, -0.25) is 4.79 Å². The molecular weight excluding hydrogens is 394 g/mol. The number of aromatic nitrogens is 2. The molecule has 1 fully saturated rings. The summed E-state index contributed by atoms with van der Waals surface area (Å²) in [5.41, 5.74) is 4.58. The Morgan fingerprint density at radius 3 is 2.48 bits per heavy atom. The number of piperidine rings is 1. The molecule has 1 aromatic carbocycles. The minimum absolute atomic E-state index is 0.226. The third-order valence-electron chi connectivity index (χ3n) is 5.71. The first kappa shape index (κ1) is 21.2. The summed E-state index contributed by atoms with van der Waals surface area (Å²) in [6, 6.07) is 12.8. The van der Waals surface area contributed by atoms with Crippen molar-refractivity contribution in [3.63, 3.8) is 0 Å². The molecule has 0 radical (unpaired) electrons. The van der Waals surface area contributed by atoms with Crippen LogP contribution in [-0.4, -0.2) is 55.0 Å². The predicted octanol–water partition coefficient (Wildman–Crippen LogP) is 3.89. The van der Waals surface area contributed by atoms with Crippen LogP contribution in [0.3, 0.4) is 0 Å². The van der Waals surface area contributed by atoms with Crippen LogP contribution >= 0.6 is 0 Å². The lowest BCUT2D eigenvalue weighted by Crippen LogP contribution is -2.37. The van der Waals surface area contributed by atoms with Crippen LogP contribution in [0.15, 0.2) is 42.6 Å². The number of carbonyl (C=O) groups excluding carboxylic acids is 1. The van der Waals surface area contributed by atoms with Crippen LogP contribution in [0.25, 0.3) is 16.6 Å². The maximum Gasteiger partial charge on any atom is 0.302 e. The molecule has 0 N–H and O–H groups in total. The van der Waals surface area contributed by atoms with Gasteiger partial charge >= 0.3 is 5.97 Å². The number of ether oxygens (including phenoxy) is 3. The third-order valence-corrected chi connectivity index (χ3v) is 5.71. The maximum atomic E-state index is 10.8. The highest BCUT2D eigenvalue weighted by molar-refractivity contribution is 5.83. The van der Waals surface area contributed by atoms with Gasteiger partial charge in [-0.25, -0.2) is 4.98 Å². The number of nitrogens with zero attached hydrogens (tertiary/aromatic N) is 3. The molecule has 1 aliphatic heterocycles. The quantitative estimate of drug-likeness (QED) is 0.424. The van der Waals surface area contributed by atoms with Crippen molar-refractivity contribution in [2.75, 3.05) is 38.3 Å². The van der Waals surface area contributed by atoms with E-state index >= 15 is 0 Å². The van der Waals surface area contributed by atoms with Crippen molar-refractivity contribution in [1.82, 2.24) is 9.55 Å². The van der Waals surface area contributed by atoms with Crippen molar-refractivity contribution in [1.29, 1.82) is 0 Å². The molecule has 7 nitrogen and oxygen atoms in total. The van der Waals surface area contributed by atoms with Gasteiger partial charge in [-0.2, -0.15) is 0 Å². The lowest BCUT2D eigenvalue weighted by Gasteiger charge is -2.33. The number of methoxy groups -OCH3 is 1. The van der Waals surface area contributed by atoms with Gasteiger partial charge in [0.25, 0.3) is 0 Å². The third kappa shape index (κ3) is 4.82. The lowest BCUT2D eigenvalue weighted by atomic mass is 10.1. The molecule has 3 aromatic rings. The van der Waals surface area contributed by atoms with E-state index in [4.69, 9.17) is 14.2 Å². The molecule has 3 heterocycles. The second kappa shape index (κ2) is 9.39. The Kier molecular flexibility index (Phi) is 6.42. The topological polar surface area (TPSA) is 65.8 Å². The highest BCUT2D eigenvalue weighted by Crippen LogP contribution is 2.28. The molecule has 0 amide bonds. The van der Waals surface area contributed by atoms with Crippen LogP contribution in [0.2, 0.25) is 0 Å². The van der Waals surface area contributed by atoms with Crippen molar-refractivity contribution in [3.05, 3.63) is 48.3 Å². The molecule has 2 aromatic heterocycles. The average molecular weight is 424 g/mol. The second-order valence-corrected chi connectivity index (χ2v) is 7.82. The van der Waals surface area contributed by atoms with Crippen molar-refractivity contribution in [2.45, 2.75) is 32.8 Å². The molecule has 164 valence electrons. The van der Waals surface area contributed by atoms with Crippen LogP contribution in [0, 0.1) is 6.92 Å².